The van der Waals surface area contributed by atoms with Gasteiger partial charge in [-0.1, -0.05) is 42.0 Å². The van der Waals surface area contributed by atoms with E-state index in [1.54, 1.807) is 0 Å². The molecule has 122 valence electrons. The Kier molecular flexibility index (Phi) is 5.80. The van der Waals surface area contributed by atoms with Crippen molar-refractivity contribution in [1.82, 2.24) is 5.32 Å². The van der Waals surface area contributed by atoms with E-state index in [-0.39, 0.29) is 11.9 Å². The van der Waals surface area contributed by atoms with E-state index in [2.05, 4.69) is 18.3 Å². The summed E-state index contributed by atoms with van der Waals surface area (Å²) in [6.45, 7) is 8.53. The maximum Gasteiger partial charge on any atom is 0.224 e. The minimum Gasteiger partial charge on any atom is -0.491 e. The van der Waals surface area contributed by atoms with Crippen molar-refractivity contribution in [3.63, 3.8) is 0 Å². The molecule has 0 fully saturated rings. The van der Waals surface area contributed by atoms with Gasteiger partial charge in [0.2, 0.25) is 5.91 Å². The van der Waals surface area contributed by atoms with Gasteiger partial charge in [-0.2, -0.15) is 0 Å². The van der Waals surface area contributed by atoms with Crippen LogP contribution >= 0.6 is 0 Å². The van der Waals surface area contributed by atoms with Crippen molar-refractivity contribution >= 4 is 5.91 Å². The molecule has 0 aromatic heterocycles. The maximum absolute atomic E-state index is 12.2. The second-order valence-electron chi connectivity index (χ2n) is 6.15. The molecule has 1 atom stereocenters. The molecule has 0 radical (unpaired) electrons. The zero-order valence-corrected chi connectivity index (χ0v) is 14.3. The summed E-state index contributed by atoms with van der Waals surface area (Å²) >= 11 is 0. The van der Waals surface area contributed by atoms with Gasteiger partial charge >= 0.3 is 0 Å². The van der Waals surface area contributed by atoms with Crippen LogP contribution in [0.15, 0.2) is 42.5 Å². The van der Waals surface area contributed by atoms with E-state index < -0.39 is 0 Å². The number of aryl methyl sites for hydroxylation is 3. The molecule has 0 heterocycles. The van der Waals surface area contributed by atoms with Crippen LogP contribution in [0.4, 0.5) is 0 Å². The first kappa shape index (κ1) is 17.1. The van der Waals surface area contributed by atoms with Crippen molar-refractivity contribution in [1.29, 1.82) is 0 Å². The van der Waals surface area contributed by atoms with Gasteiger partial charge in [-0.3, -0.25) is 4.79 Å². The molecule has 2 aromatic carbocycles. The first-order valence-electron chi connectivity index (χ1n) is 7.99. The topological polar surface area (TPSA) is 38.3 Å². The predicted octanol–water partition coefficient (Wildman–Crippen LogP) is 3.74. The Morgan fingerprint density at radius 1 is 1.09 bits per heavy atom. The van der Waals surface area contributed by atoms with Crippen LogP contribution in [0.5, 0.6) is 5.75 Å². The first-order chi connectivity index (χ1) is 11.0. The van der Waals surface area contributed by atoms with E-state index in [4.69, 9.17) is 4.74 Å². The molecular formula is C20H25NO2. The molecule has 23 heavy (non-hydrogen) atoms. The summed E-state index contributed by atoms with van der Waals surface area (Å²) in [4.78, 5) is 12.2. The van der Waals surface area contributed by atoms with E-state index in [9.17, 15) is 4.79 Å². The van der Waals surface area contributed by atoms with E-state index in [1.165, 1.54) is 5.56 Å². The Balaban J connectivity index is 1.84. The van der Waals surface area contributed by atoms with Crippen LogP contribution in [0, 0.1) is 20.8 Å². The highest BCUT2D eigenvalue weighted by Crippen LogP contribution is 2.16. The van der Waals surface area contributed by atoms with Crippen molar-refractivity contribution in [3.05, 3.63) is 64.7 Å². The molecule has 0 bridgehead atoms. The lowest BCUT2D eigenvalue weighted by Crippen LogP contribution is -2.37. The standard InChI is InChI=1S/C20H25NO2/c1-14-9-10-18(16(3)11-14)12-20(22)21-17(4)13-23-19-8-6-5-7-15(19)2/h5-11,17H,12-13H2,1-4H3,(H,21,22)/t17-/m0/s1. The highest BCUT2D eigenvalue weighted by atomic mass is 16.5. The average Bonchev–Trinajstić information content (AvgIpc) is 2.49. The molecule has 2 aromatic rings. The van der Waals surface area contributed by atoms with E-state index in [0.29, 0.717) is 13.0 Å². The maximum atomic E-state index is 12.2. The number of carbonyl (C=O) groups excluding carboxylic acids is 1. The molecule has 1 N–H and O–H groups in total. The molecule has 0 unspecified atom stereocenters. The Bertz CT molecular complexity index is 679. The van der Waals surface area contributed by atoms with Crippen LogP contribution < -0.4 is 10.1 Å². The van der Waals surface area contributed by atoms with Gasteiger partial charge in [0.15, 0.2) is 0 Å². The third-order valence-electron chi connectivity index (χ3n) is 3.84. The molecular weight excluding hydrogens is 286 g/mol. The number of para-hydroxylation sites is 1. The smallest absolute Gasteiger partial charge is 0.224 e. The van der Waals surface area contributed by atoms with Crippen molar-refractivity contribution in [2.24, 2.45) is 0 Å². The summed E-state index contributed by atoms with van der Waals surface area (Å²) in [7, 11) is 0. The van der Waals surface area contributed by atoms with Gasteiger partial charge in [-0.25, -0.2) is 0 Å². The molecule has 2 rings (SSSR count). The predicted molar refractivity (Wildman–Crippen MR) is 93.9 cm³/mol. The number of hydrogen-bond acceptors (Lipinski definition) is 2. The molecule has 0 spiro atoms. The van der Waals surface area contributed by atoms with Gasteiger partial charge < -0.3 is 10.1 Å². The van der Waals surface area contributed by atoms with Crippen molar-refractivity contribution in [3.8, 4) is 5.75 Å². The summed E-state index contributed by atoms with van der Waals surface area (Å²) in [6, 6.07) is 14.0. The minimum absolute atomic E-state index is 0.0258. The van der Waals surface area contributed by atoms with Gasteiger partial charge in [0.1, 0.15) is 12.4 Å². The SMILES string of the molecule is Cc1ccc(CC(=O)N[C@@H](C)COc2ccccc2C)c(C)c1. The summed E-state index contributed by atoms with van der Waals surface area (Å²) < 4.78 is 5.77. The second kappa shape index (κ2) is 7.82. The Morgan fingerprint density at radius 3 is 2.52 bits per heavy atom. The summed E-state index contributed by atoms with van der Waals surface area (Å²) in [5.74, 6) is 0.890. The van der Waals surface area contributed by atoms with Gasteiger partial charge in [0, 0.05) is 0 Å². The molecule has 0 saturated heterocycles. The number of nitrogens with one attached hydrogen (secondary N) is 1. The molecule has 1 amide bonds. The highest BCUT2D eigenvalue weighted by Gasteiger charge is 2.11. The number of benzene rings is 2. The fourth-order valence-corrected chi connectivity index (χ4v) is 2.52. The minimum atomic E-state index is -0.0344. The zero-order chi connectivity index (χ0) is 16.8. The first-order valence-corrected chi connectivity index (χ1v) is 7.99. The van der Waals surface area contributed by atoms with Crippen LogP contribution in [0.1, 0.15) is 29.2 Å². The molecule has 0 aliphatic rings. The van der Waals surface area contributed by atoms with Crippen LogP contribution in [-0.4, -0.2) is 18.6 Å². The van der Waals surface area contributed by atoms with Crippen molar-refractivity contribution in [2.75, 3.05) is 6.61 Å². The summed E-state index contributed by atoms with van der Waals surface area (Å²) in [5, 5.41) is 3.00. The normalized spacial score (nSPS) is 11.8. The quantitative estimate of drug-likeness (QED) is 0.882. The lowest BCUT2D eigenvalue weighted by atomic mass is 10.0. The van der Waals surface area contributed by atoms with Crippen LogP contribution in [0.3, 0.4) is 0 Å². The summed E-state index contributed by atoms with van der Waals surface area (Å²) in [5.41, 5.74) is 4.54. The average molecular weight is 311 g/mol. The van der Waals surface area contributed by atoms with Gasteiger partial charge in [0.05, 0.1) is 12.5 Å². The second-order valence-corrected chi connectivity index (χ2v) is 6.15. The third-order valence-corrected chi connectivity index (χ3v) is 3.84. The highest BCUT2D eigenvalue weighted by molar-refractivity contribution is 5.79. The van der Waals surface area contributed by atoms with Crippen molar-refractivity contribution < 1.29 is 9.53 Å². The third kappa shape index (κ3) is 5.13. The van der Waals surface area contributed by atoms with Gasteiger partial charge in [-0.15, -0.1) is 0 Å². The molecule has 3 heteroatoms. The fraction of sp³-hybridized carbons (Fsp3) is 0.350. The molecule has 0 aliphatic carbocycles. The van der Waals surface area contributed by atoms with Crippen LogP contribution in [-0.2, 0) is 11.2 Å². The number of amides is 1. The van der Waals surface area contributed by atoms with E-state index in [1.807, 2.05) is 57.2 Å². The Labute approximate surface area is 138 Å². The Morgan fingerprint density at radius 2 is 1.83 bits per heavy atom. The molecule has 0 saturated carbocycles. The van der Waals surface area contributed by atoms with Gasteiger partial charge in [-0.05, 0) is 50.5 Å². The number of carbonyl (C=O) groups is 1. The molecule has 3 nitrogen and oxygen atoms in total. The van der Waals surface area contributed by atoms with Gasteiger partial charge in [0.25, 0.3) is 0 Å². The van der Waals surface area contributed by atoms with Crippen molar-refractivity contribution in [2.45, 2.75) is 40.2 Å². The van der Waals surface area contributed by atoms with E-state index >= 15 is 0 Å². The lowest BCUT2D eigenvalue weighted by molar-refractivity contribution is -0.121. The number of hydrogen-bond donors (Lipinski definition) is 1. The Hall–Kier alpha value is -2.29. The van der Waals surface area contributed by atoms with Crippen LogP contribution in [0.25, 0.3) is 0 Å². The number of ether oxygens (including phenoxy) is 1. The molecule has 0 aliphatic heterocycles. The van der Waals surface area contributed by atoms with Crippen LogP contribution in [0.2, 0.25) is 0 Å². The lowest BCUT2D eigenvalue weighted by Gasteiger charge is -2.16. The fourth-order valence-electron chi connectivity index (χ4n) is 2.52. The monoisotopic (exact) mass is 311 g/mol. The summed E-state index contributed by atoms with van der Waals surface area (Å²) in [6.07, 6.45) is 0.404. The number of rotatable bonds is 6. The largest absolute Gasteiger partial charge is 0.491 e. The zero-order valence-electron chi connectivity index (χ0n) is 14.3. The van der Waals surface area contributed by atoms with E-state index in [0.717, 1.165) is 22.4 Å².